The topological polar surface area (TPSA) is 29.0 Å². The average Bonchev–Trinajstić information content (AvgIpc) is 2.85. The van der Waals surface area contributed by atoms with Gasteiger partial charge in [-0.25, -0.2) is 4.98 Å². The van der Waals surface area contributed by atoms with Crippen LogP contribution in [0, 0.1) is 0 Å². The second-order valence-electron chi connectivity index (χ2n) is 5.67. The van der Waals surface area contributed by atoms with Gasteiger partial charge in [-0.1, -0.05) is 12.5 Å². The maximum atomic E-state index is 4.60. The van der Waals surface area contributed by atoms with E-state index in [1.807, 2.05) is 29.8 Å². The van der Waals surface area contributed by atoms with Crippen LogP contribution in [0.3, 0.4) is 0 Å². The van der Waals surface area contributed by atoms with Gasteiger partial charge in [-0.3, -0.25) is 9.88 Å². The summed E-state index contributed by atoms with van der Waals surface area (Å²) in [4.78, 5) is 12.5. The fourth-order valence-corrected chi connectivity index (χ4v) is 3.65. The Morgan fingerprint density at radius 1 is 1.40 bits per heavy atom. The largest absolute Gasteiger partial charge is 0.294 e. The van der Waals surface area contributed by atoms with E-state index in [1.165, 1.54) is 34.7 Å². The van der Waals surface area contributed by atoms with E-state index in [4.69, 9.17) is 0 Å². The van der Waals surface area contributed by atoms with Gasteiger partial charge in [-0.15, -0.1) is 11.3 Å². The maximum absolute atomic E-state index is 4.60. The smallest absolute Gasteiger partial charge is 0.0959 e. The Hall–Kier alpha value is -1.26. The van der Waals surface area contributed by atoms with Crippen LogP contribution in [0.4, 0.5) is 0 Å². The highest BCUT2D eigenvalue weighted by Crippen LogP contribution is 2.38. The number of hydrogen-bond donors (Lipinski definition) is 0. The van der Waals surface area contributed by atoms with Crippen LogP contribution < -0.4 is 0 Å². The van der Waals surface area contributed by atoms with Crippen LogP contribution >= 0.6 is 11.3 Å². The quantitative estimate of drug-likeness (QED) is 0.832. The van der Waals surface area contributed by atoms with Gasteiger partial charge in [0.2, 0.25) is 0 Å². The monoisotopic (exact) mass is 287 g/mol. The van der Waals surface area contributed by atoms with E-state index in [0.29, 0.717) is 6.04 Å². The van der Waals surface area contributed by atoms with Crippen molar-refractivity contribution in [3.8, 4) is 0 Å². The van der Waals surface area contributed by atoms with Crippen LogP contribution in [-0.2, 0) is 6.54 Å². The van der Waals surface area contributed by atoms with Crippen LogP contribution in [0.2, 0.25) is 0 Å². The molecule has 106 valence electrons. The van der Waals surface area contributed by atoms with Gasteiger partial charge >= 0.3 is 0 Å². The van der Waals surface area contributed by atoms with Crippen LogP contribution in [-0.4, -0.2) is 21.9 Å². The normalized spacial score (nSPS) is 17.1. The van der Waals surface area contributed by atoms with Gasteiger partial charge < -0.3 is 0 Å². The van der Waals surface area contributed by atoms with Gasteiger partial charge in [0.05, 0.1) is 5.01 Å². The van der Waals surface area contributed by atoms with Gasteiger partial charge in [-0.05, 0) is 38.4 Å². The predicted molar refractivity (Wildman–Crippen MR) is 82.8 cm³/mol. The molecule has 0 aliphatic heterocycles. The molecule has 0 bridgehead atoms. The molecular weight excluding hydrogens is 266 g/mol. The highest BCUT2D eigenvalue weighted by Gasteiger charge is 2.23. The van der Waals surface area contributed by atoms with E-state index in [-0.39, 0.29) is 0 Å². The van der Waals surface area contributed by atoms with Crippen LogP contribution in [0.5, 0.6) is 0 Å². The molecule has 3 rings (SSSR count). The van der Waals surface area contributed by atoms with Crippen molar-refractivity contribution in [1.82, 2.24) is 14.9 Å². The minimum atomic E-state index is 0.373. The highest BCUT2D eigenvalue weighted by atomic mass is 32.1. The van der Waals surface area contributed by atoms with Crippen LogP contribution in [0.15, 0.2) is 30.7 Å². The SMILES string of the molecule is C[C@@H](c1cccnc1)N(C)Cc1cnc(C2CCC2)s1. The van der Waals surface area contributed by atoms with Crippen molar-refractivity contribution in [2.75, 3.05) is 7.05 Å². The van der Waals surface area contributed by atoms with E-state index >= 15 is 0 Å². The molecule has 20 heavy (non-hydrogen) atoms. The zero-order chi connectivity index (χ0) is 13.9. The number of hydrogen-bond acceptors (Lipinski definition) is 4. The molecule has 3 nitrogen and oxygen atoms in total. The summed E-state index contributed by atoms with van der Waals surface area (Å²) in [5.41, 5.74) is 1.26. The second-order valence-corrected chi connectivity index (χ2v) is 6.82. The molecule has 0 amide bonds. The van der Waals surface area contributed by atoms with Crippen molar-refractivity contribution < 1.29 is 0 Å². The molecular formula is C16H21N3S. The maximum Gasteiger partial charge on any atom is 0.0959 e. The third kappa shape index (κ3) is 2.91. The summed E-state index contributed by atoms with van der Waals surface area (Å²) >= 11 is 1.89. The second kappa shape index (κ2) is 6.02. The lowest BCUT2D eigenvalue weighted by atomic mass is 9.86. The zero-order valence-electron chi connectivity index (χ0n) is 12.1. The lowest BCUT2D eigenvalue weighted by Crippen LogP contribution is -2.21. The van der Waals surface area contributed by atoms with Crippen LogP contribution in [0.1, 0.15) is 53.6 Å². The molecule has 1 saturated carbocycles. The Balaban J connectivity index is 1.63. The molecule has 1 fully saturated rings. The van der Waals surface area contributed by atoms with Crippen molar-refractivity contribution in [1.29, 1.82) is 0 Å². The summed E-state index contributed by atoms with van der Waals surface area (Å²) in [7, 11) is 2.17. The summed E-state index contributed by atoms with van der Waals surface area (Å²) in [5.74, 6) is 0.745. The molecule has 0 aromatic carbocycles. The van der Waals surface area contributed by atoms with Gasteiger partial charge in [0, 0.05) is 42.0 Å². The fraction of sp³-hybridized carbons (Fsp3) is 0.500. The molecule has 1 aliphatic rings. The van der Waals surface area contributed by atoms with Crippen LogP contribution in [0.25, 0.3) is 0 Å². The first-order chi connectivity index (χ1) is 9.74. The predicted octanol–water partition coefficient (Wildman–Crippen LogP) is 4.00. The van der Waals surface area contributed by atoms with Crippen molar-refractivity contribution in [2.45, 2.75) is 44.7 Å². The summed E-state index contributed by atoms with van der Waals surface area (Å²) in [6.07, 6.45) is 9.87. The number of pyridine rings is 1. The summed E-state index contributed by atoms with van der Waals surface area (Å²) in [6, 6.07) is 4.51. The Kier molecular flexibility index (Phi) is 4.13. The van der Waals surface area contributed by atoms with E-state index in [2.05, 4.69) is 41.1 Å². The molecule has 4 heteroatoms. The average molecular weight is 287 g/mol. The van der Waals surface area contributed by atoms with E-state index in [9.17, 15) is 0 Å². The Bertz CT molecular complexity index is 548. The first kappa shape index (κ1) is 13.7. The number of rotatable bonds is 5. The zero-order valence-corrected chi connectivity index (χ0v) is 12.9. The van der Waals surface area contributed by atoms with Gasteiger partial charge in [0.1, 0.15) is 0 Å². The molecule has 0 saturated heterocycles. The van der Waals surface area contributed by atoms with Crippen molar-refractivity contribution in [2.24, 2.45) is 0 Å². The minimum Gasteiger partial charge on any atom is -0.294 e. The van der Waals surface area contributed by atoms with E-state index < -0.39 is 0 Å². The summed E-state index contributed by atoms with van der Waals surface area (Å²) in [6.45, 7) is 3.19. The van der Waals surface area contributed by atoms with E-state index in [1.54, 1.807) is 0 Å². The molecule has 0 N–H and O–H groups in total. The molecule has 1 aliphatic carbocycles. The van der Waals surface area contributed by atoms with Gasteiger partial charge in [0.25, 0.3) is 0 Å². The Labute approximate surface area is 124 Å². The number of aromatic nitrogens is 2. The first-order valence-electron chi connectivity index (χ1n) is 7.29. The molecule has 2 aromatic rings. The van der Waals surface area contributed by atoms with Gasteiger partial charge in [0.15, 0.2) is 0 Å². The molecule has 0 unspecified atom stereocenters. The number of nitrogens with zero attached hydrogens (tertiary/aromatic N) is 3. The van der Waals surface area contributed by atoms with Crippen molar-refractivity contribution in [3.63, 3.8) is 0 Å². The Morgan fingerprint density at radius 2 is 2.25 bits per heavy atom. The summed E-state index contributed by atoms with van der Waals surface area (Å²) < 4.78 is 0. The first-order valence-corrected chi connectivity index (χ1v) is 8.10. The van der Waals surface area contributed by atoms with Crippen molar-refractivity contribution in [3.05, 3.63) is 46.2 Å². The molecule has 2 heterocycles. The molecule has 2 aromatic heterocycles. The third-order valence-electron chi connectivity index (χ3n) is 4.26. The molecule has 0 spiro atoms. The van der Waals surface area contributed by atoms with E-state index in [0.717, 1.165) is 12.5 Å². The molecule has 1 atom stereocenters. The molecule has 0 radical (unpaired) electrons. The fourth-order valence-electron chi connectivity index (χ4n) is 2.50. The number of thiazole rings is 1. The summed E-state index contributed by atoms with van der Waals surface area (Å²) in [5, 5.41) is 1.34. The van der Waals surface area contributed by atoms with Crippen molar-refractivity contribution >= 4 is 11.3 Å². The highest BCUT2D eigenvalue weighted by molar-refractivity contribution is 7.11. The minimum absolute atomic E-state index is 0.373. The standard InChI is InChI=1S/C16H21N3S/c1-12(14-7-4-8-17-9-14)19(2)11-15-10-18-16(20-15)13-5-3-6-13/h4,7-10,12-13H,3,5-6,11H2,1-2H3/t12-/m0/s1. The third-order valence-corrected chi connectivity index (χ3v) is 5.40. The van der Waals surface area contributed by atoms with Gasteiger partial charge in [-0.2, -0.15) is 0 Å². The Morgan fingerprint density at radius 3 is 2.90 bits per heavy atom. The lowest BCUT2D eigenvalue weighted by Gasteiger charge is -2.24. The lowest BCUT2D eigenvalue weighted by molar-refractivity contribution is 0.255.